The van der Waals surface area contributed by atoms with Crippen LogP contribution in [0.2, 0.25) is 0 Å². The van der Waals surface area contributed by atoms with E-state index in [-0.39, 0.29) is 5.56 Å². The standard InChI is InChI=1S/C19H20N2OS2/c1-11-4-3-5-13(8-11)10-23-19-20-17(22)16-14-7-6-12(2)9-15(14)24-18(16)21-19/h3-5,8,12H,6-7,9-10H2,1-2H3,(H,20,21,22)/t12-/m0/s1. The van der Waals surface area contributed by atoms with E-state index in [1.807, 2.05) is 0 Å². The molecule has 2 aromatic heterocycles. The van der Waals surface area contributed by atoms with Gasteiger partial charge in [0.05, 0.1) is 5.39 Å². The number of aromatic amines is 1. The maximum absolute atomic E-state index is 12.6. The Bertz CT molecular complexity index is 958. The van der Waals surface area contributed by atoms with Gasteiger partial charge in [0.25, 0.3) is 5.56 Å². The molecule has 0 saturated heterocycles. The van der Waals surface area contributed by atoms with Gasteiger partial charge in [-0.05, 0) is 43.2 Å². The highest BCUT2D eigenvalue weighted by Crippen LogP contribution is 2.36. The first kappa shape index (κ1) is 15.9. The van der Waals surface area contributed by atoms with Gasteiger partial charge in [0.2, 0.25) is 0 Å². The molecule has 0 bridgehead atoms. The Morgan fingerprint density at radius 1 is 1.42 bits per heavy atom. The van der Waals surface area contributed by atoms with Gasteiger partial charge in [-0.2, -0.15) is 0 Å². The normalized spacial score (nSPS) is 17.2. The van der Waals surface area contributed by atoms with Crippen LogP contribution in [-0.4, -0.2) is 9.97 Å². The van der Waals surface area contributed by atoms with Crippen LogP contribution in [0.5, 0.6) is 0 Å². The third-order valence-corrected chi connectivity index (χ3v) is 6.69. The number of hydrogen-bond acceptors (Lipinski definition) is 4. The fourth-order valence-corrected chi connectivity index (χ4v) is 5.60. The van der Waals surface area contributed by atoms with Crippen molar-refractivity contribution in [2.24, 2.45) is 5.92 Å². The van der Waals surface area contributed by atoms with Crippen molar-refractivity contribution < 1.29 is 0 Å². The van der Waals surface area contributed by atoms with E-state index in [1.165, 1.54) is 28.0 Å². The topological polar surface area (TPSA) is 45.8 Å². The molecule has 1 N–H and O–H groups in total. The van der Waals surface area contributed by atoms with Crippen LogP contribution in [0.3, 0.4) is 0 Å². The van der Waals surface area contributed by atoms with E-state index in [2.05, 4.69) is 43.1 Å². The second-order valence-electron chi connectivity index (χ2n) is 6.68. The molecule has 1 aliphatic rings. The number of aromatic nitrogens is 2. The number of rotatable bonds is 3. The highest BCUT2D eigenvalue weighted by atomic mass is 32.2. The third kappa shape index (κ3) is 3.03. The molecule has 1 aromatic carbocycles. The van der Waals surface area contributed by atoms with E-state index >= 15 is 0 Å². The number of fused-ring (bicyclic) bond motifs is 3. The lowest BCUT2D eigenvalue weighted by Gasteiger charge is -2.17. The Hall–Kier alpha value is -1.59. The second kappa shape index (κ2) is 6.37. The molecule has 24 heavy (non-hydrogen) atoms. The fraction of sp³-hybridized carbons (Fsp3) is 0.368. The minimum absolute atomic E-state index is 0.0267. The largest absolute Gasteiger partial charge is 0.301 e. The summed E-state index contributed by atoms with van der Waals surface area (Å²) in [5, 5.41) is 1.56. The number of hydrogen-bond donors (Lipinski definition) is 1. The van der Waals surface area contributed by atoms with Crippen LogP contribution >= 0.6 is 23.1 Å². The summed E-state index contributed by atoms with van der Waals surface area (Å²) < 4.78 is 0. The second-order valence-corrected chi connectivity index (χ2v) is 8.73. The average molecular weight is 357 g/mol. The van der Waals surface area contributed by atoms with Gasteiger partial charge in [-0.25, -0.2) is 4.98 Å². The van der Waals surface area contributed by atoms with E-state index in [1.54, 1.807) is 23.1 Å². The molecule has 1 atom stereocenters. The van der Waals surface area contributed by atoms with Gasteiger partial charge >= 0.3 is 0 Å². The first-order chi connectivity index (χ1) is 11.6. The molecular weight excluding hydrogens is 336 g/mol. The van der Waals surface area contributed by atoms with E-state index in [9.17, 15) is 4.79 Å². The summed E-state index contributed by atoms with van der Waals surface area (Å²) >= 11 is 3.31. The quantitative estimate of drug-likeness (QED) is 0.546. The van der Waals surface area contributed by atoms with E-state index in [0.717, 1.165) is 34.0 Å². The van der Waals surface area contributed by atoms with E-state index < -0.39 is 0 Å². The first-order valence-corrected chi connectivity index (χ1v) is 10.1. The first-order valence-electron chi connectivity index (χ1n) is 8.33. The minimum atomic E-state index is 0.0267. The highest BCUT2D eigenvalue weighted by molar-refractivity contribution is 7.98. The summed E-state index contributed by atoms with van der Waals surface area (Å²) in [7, 11) is 0. The van der Waals surface area contributed by atoms with Crippen LogP contribution in [0.25, 0.3) is 10.2 Å². The van der Waals surface area contributed by atoms with Gasteiger partial charge in [-0.1, -0.05) is 48.5 Å². The lowest BCUT2D eigenvalue weighted by molar-refractivity contribution is 0.509. The monoisotopic (exact) mass is 356 g/mol. The lowest BCUT2D eigenvalue weighted by atomic mass is 9.89. The van der Waals surface area contributed by atoms with Crippen molar-refractivity contribution in [2.75, 3.05) is 0 Å². The van der Waals surface area contributed by atoms with Crippen LogP contribution < -0.4 is 5.56 Å². The fourth-order valence-electron chi connectivity index (χ4n) is 3.35. The molecule has 0 amide bonds. The van der Waals surface area contributed by atoms with Crippen molar-refractivity contribution in [3.05, 3.63) is 56.2 Å². The summed E-state index contributed by atoms with van der Waals surface area (Å²) in [5.74, 6) is 1.53. The molecule has 5 heteroatoms. The SMILES string of the molecule is Cc1cccc(CSc2nc3sc4c(c3c(=O)[nH]2)CC[C@H](C)C4)c1. The van der Waals surface area contributed by atoms with Crippen LogP contribution in [0.4, 0.5) is 0 Å². The Kier molecular flexibility index (Phi) is 4.22. The molecule has 0 spiro atoms. The van der Waals surface area contributed by atoms with Gasteiger partial charge in [-0.15, -0.1) is 11.3 Å². The maximum Gasteiger partial charge on any atom is 0.260 e. The molecule has 0 fully saturated rings. The summed E-state index contributed by atoms with van der Waals surface area (Å²) in [6.45, 7) is 4.38. The molecular formula is C19H20N2OS2. The molecule has 0 aliphatic heterocycles. The van der Waals surface area contributed by atoms with Gasteiger partial charge < -0.3 is 4.98 Å². The van der Waals surface area contributed by atoms with Crippen LogP contribution in [-0.2, 0) is 18.6 Å². The Morgan fingerprint density at radius 2 is 2.29 bits per heavy atom. The van der Waals surface area contributed by atoms with Gasteiger partial charge in [0.1, 0.15) is 4.83 Å². The smallest absolute Gasteiger partial charge is 0.260 e. The number of benzene rings is 1. The summed E-state index contributed by atoms with van der Waals surface area (Å²) in [6, 6.07) is 8.45. The van der Waals surface area contributed by atoms with Crippen molar-refractivity contribution in [3.63, 3.8) is 0 Å². The molecule has 0 radical (unpaired) electrons. The zero-order valence-electron chi connectivity index (χ0n) is 13.9. The van der Waals surface area contributed by atoms with Crippen molar-refractivity contribution in [2.45, 2.75) is 44.0 Å². The van der Waals surface area contributed by atoms with Crippen LogP contribution in [0, 0.1) is 12.8 Å². The van der Waals surface area contributed by atoms with Gasteiger partial charge in [0.15, 0.2) is 5.16 Å². The van der Waals surface area contributed by atoms with Crippen molar-refractivity contribution in [3.8, 4) is 0 Å². The number of thioether (sulfide) groups is 1. The highest BCUT2D eigenvalue weighted by Gasteiger charge is 2.23. The molecule has 3 nitrogen and oxygen atoms in total. The minimum Gasteiger partial charge on any atom is -0.301 e. The Morgan fingerprint density at radius 3 is 3.12 bits per heavy atom. The molecule has 2 heterocycles. The predicted molar refractivity (Wildman–Crippen MR) is 102 cm³/mol. The number of aryl methyl sites for hydroxylation is 2. The summed E-state index contributed by atoms with van der Waals surface area (Å²) in [4.78, 5) is 22.6. The molecule has 4 rings (SSSR count). The van der Waals surface area contributed by atoms with Gasteiger partial charge in [0, 0.05) is 10.6 Å². The molecule has 0 unspecified atom stereocenters. The lowest BCUT2D eigenvalue weighted by Crippen LogP contribution is -2.13. The molecule has 3 aromatic rings. The Labute approximate surface area is 149 Å². The van der Waals surface area contributed by atoms with E-state index in [0.29, 0.717) is 5.92 Å². The Balaban J connectivity index is 1.64. The third-order valence-electron chi connectivity index (χ3n) is 4.60. The number of thiophene rings is 1. The van der Waals surface area contributed by atoms with E-state index in [4.69, 9.17) is 4.98 Å². The zero-order chi connectivity index (χ0) is 16.7. The van der Waals surface area contributed by atoms with Crippen LogP contribution in [0.1, 0.15) is 34.9 Å². The molecule has 1 aliphatic carbocycles. The predicted octanol–water partition coefficient (Wildman–Crippen LogP) is 4.71. The van der Waals surface area contributed by atoms with Crippen molar-refractivity contribution >= 4 is 33.3 Å². The van der Waals surface area contributed by atoms with Crippen molar-refractivity contribution in [1.82, 2.24) is 9.97 Å². The molecule has 0 saturated carbocycles. The van der Waals surface area contributed by atoms with Crippen molar-refractivity contribution in [1.29, 1.82) is 0 Å². The number of H-pyrrole nitrogens is 1. The average Bonchev–Trinajstić information content (AvgIpc) is 2.90. The zero-order valence-corrected chi connectivity index (χ0v) is 15.5. The maximum atomic E-state index is 12.6. The van der Waals surface area contributed by atoms with Crippen LogP contribution in [0.15, 0.2) is 34.2 Å². The summed E-state index contributed by atoms with van der Waals surface area (Å²) in [5.41, 5.74) is 3.78. The van der Waals surface area contributed by atoms with Gasteiger partial charge in [-0.3, -0.25) is 4.79 Å². The number of nitrogens with one attached hydrogen (secondary N) is 1. The summed E-state index contributed by atoms with van der Waals surface area (Å²) in [6.07, 6.45) is 3.26. The molecule has 124 valence electrons. The number of nitrogens with zero attached hydrogens (tertiary/aromatic N) is 1.